The SMILES string of the molecule is CCC(CC)(CO)NC(=O)c1ccc([N+](=O)[O-])cc1. The molecule has 0 heterocycles. The maximum atomic E-state index is 12.0. The number of rotatable bonds is 6. The summed E-state index contributed by atoms with van der Waals surface area (Å²) in [5.41, 5.74) is -0.361. The van der Waals surface area contributed by atoms with Crippen LogP contribution >= 0.6 is 0 Å². The average Bonchev–Trinajstić information content (AvgIpc) is 2.45. The Morgan fingerprint density at radius 3 is 2.21 bits per heavy atom. The first kappa shape index (κ1) is 15.1. The van der Waals surface area contributed by atoms with E-state index in [0.29, 0.717) is 18.4 Å². The molecule has 0 spiro atoms. The van der Waals surface area contributed by atoms with Crippen LogP contribution in [0.2, 0.25) is 0 Å². The van der Waals surface area contributed by atoms with Crippen LogP contribution in [0.15, 0.2) is 24.3 Å². The number of nitrogens with one attached hydrogen (secondary N) is 1. The highest BCUT2D eigenvalue weighted by molar-refractivity contribution is 5.94. The first-order chi connectivity index (χ1) is 8.98. The molecule has 1 aromatic carbocycles. The number of aliphatic hydroxyl groups excluding tert-OH is 1. The highest BCUT2D eigenvalue weighted by Gasteiger charge is 2.27. The van der Waals surface area contributed by atoms with Gasteiger partial charge in [0, 0.05) is 17.7 Å². The van der Waals surface area contributed by atoms with E-state index in [9.17, 15) is 20.0 Å². The summed E-state index contributed by atoms with van der Waals surface area (Å²) in [6.07, 6.45) is 1.22. The van der Waals surface area contributed by atoms with Gasteiger partial charge >= 0.3 is 0 Å². The number of carbonyl (C=O) groups excluding carboxylic acids is 1. The van der Waals surface area contributed by atoms with E-state index in [-0.39, 0.29) is 18.2 Å². The maximum Gasteiger partial charge on any atom is 0.269 e. The summed E-state index contributed by atoms with van der Waals surface area (Å²) in [5.74, 6) is -0.340. The number of benzene rings is 1. The van der Waals surface area contributed by atoms with E-state index in [1.807, 2.05) is 13.8 Å². The normalized spacial score (nSPS) is 11.1. The molecular formula is C13H18N2O4. The Bertz CT molecular complexity index is 444. The highest BCUT2D eigenvalue weighted by atomic mass is 16.6. The zero-order valence-electron chi connectivity index (χ0n) is 11.0. The molecule has 0 aliphatic heterocycles. The van der Waals surface area contributed by atoms with Gasteiger partial charge in [-0.1, -0.05) is 13.8 Å². The average molecular weight is 266 g/mol. The molecule has 6 heteroatoms. The van der Waals surface area contributed by atoms with Crippen LogP contribution in [0, 0.1) is 10.1 Å². The van der Waals surface area contributed by atoms with E-state index in [4.69, 9.17) is 0 Å². The van der Waals surface area contributed by atoms with Gasteiger partial charge in [-0.2, -0.15) is 0 Å². The molecule has 2 N–H and O–H groups in total. The van der Waals surface area contributed by atoms with Crippen LogP contribution in [-0.2, 0) is 0 Å². The van der Waals surface area contributed by atoms with Crippen molar-refractivity contribution in [3.63, 3.8) is 0 Å². The van der Waals surface area contributed by atoms with E-state index in [0.717, 1.165) is 0 Å². The first-order valence-corrected chi connectivity index (χ1v) is 6.16. The van der Waals surface area contributed by atoms with Crippen molar-refractivity contribution in [2.24, 2.45) is 0 Å². The van der Waals surface area contributed by atoms with Crippen molar-refractivity contribution < 1.29 is 14.8 Å². The summed E-state index contributed by atoms with van der Waals surface area (Å²) in [6, 6.07) is 5.38. The quantitative estimate of drug-likeness (QED) is 0.607. The lowest BCUT2D eigenvalue weighted by Gasteiger charge is -2.30. The van der Waals surface area contributed by atoms with E-state index in [2.05, 4.69) is 5.32 Å². The number of nitro groups is 1. The summed E-state index contributed by atoms with van der Waals surface area (Å²) in [4.78, 5) is 22.0. The van der Waals surface area contributed by atoms with E-state index in [1.54, 1.807) is 0 Å². The van der Waals surface area contributed by atoms with Crippen LogP contribution in [0.25, 0.3) is 0 Å². The molecule has 1 aromatic rings. The van der Waals surface area contributed by atoms with Crippen LogP contribution in [0.3, 0.4) is 0 Å². The van der Waals surface area contributed by atoms with Gasteiger partial charge < -0.3 is 10.4 Å². The minimum Gasteiger partial charge on any atom is -0.394 e. The lowest BCUT2D eigenvalue weighted by molar-refractivity contribution is -0.384. The van der Waals surface area contributed by atoms with E-state index < -0.39 is 10.5 Å². The van der Waals surface area contributed by atoms with Crippen LogP contribution in [0.1, 0.15) is 37.0 Å². The van der Waals surface area contributed by atoms with Crippen LogP contribution < -0.4 is 5.32 Å². The number of hydrogen-bond acceptors (Lipinski definition) is 4. The fourth-order valence-electron chi connectivity index (χ4n) is 1.74. The number of nitro benzene ring substituents is 1. The molecule has 19 heavy (non-hydrogen) atoms. The van der Waals surface area contributed by atoms with Gasteiger partial charge in [0.2, 0.25) is 0 Å². The predicted octanol–water partition coefficient (Wildman–Crippen LogP) is 1.88. The van der Waals surface area contributed by atoms with Crippen molar-refractivity contribution in [3.8, 4) is 0 Å². The Labute approximate surface area is 111 Å². The summed E-state index contributed by atoms with van der Waals surface area (Å²) in [6.45, 7) is 3.63. The number of non-ortho nitro benzene ring substituents is 1. The van der Waals surface area contributed by atoms with Gasteiger partial charge in [-0.05, 0) is 25.0 Å². The fraction of sp³-hybridized carbons (Fsp3) is 0.462. The Morgan fingerprint density at radius 1 is 1.32 bits per heavy atom. The Hall–Kier alpha value is -1.95. The molecule has 0 aliphatic carbocycles. The smallest absolute Gasteiger partial charge is 0.269 e. The van der Waals surface area contributed by atoms with Gasteiger partial charge in [-0.25, -0.2) is 0 Å². The van der Waals surface area contributed by atoms with Gasteiger partial charge in [0.05, 0.1) is 17.1 Å². The second-order valence-corrected chi connectivity index (χ2v) is 4.40. The molecular weight excluding hydrogens is 248 g/mol. The van der Waals surface area contributed by atoms with Crippen LogP contribution in [-0.4, -0.2) is 28.1 Å². The number of aliphatic hydroxyl groups is 1. The maximum absolute atomic E-state index is 12.0. The third-order valence-corrected chi connectivity index (χ3v) is 3.38. The van der Waals surface area contributed by atoms with Crippen molar-refractivity contribution in [1.82, 2.24) is 5.32 Å². The summed E-state index contributed by atoms with van der Waals surface area (Å²) < 4.78 is 0. The standard InChI is InChI=1S/C13H18N2O4/c1-3-13(4-2,9-16)14-12(17)10-5-7-11(8-6-10)15(18)19/h5-8,16H,3-4,9H2,1-2H3,(H,14,17). The summed E-state index contributed by atoms with van der Waals surface area (Å²) in [7, 11) is 0. The zero-order valence-corrected chi connectivity index (χ0v) is 11.0. The highest BCUT2D eigenvalue weighted by Crippen LogP contribution is 2.17. The Kier molecular flexibility index (Phi) is 5.00. The number of carbonyl (C=O) groups is 1. The topological polar surface area (TPSA) is 92.5 Å². The summed E-state index contributed by atoms with van der Waals surface area (Å²) in [5, 5.41) is 22.7. The van der Waals surface area contributed by atoms with Gasteiger partial charge in [0.1, 0.15) is 0 Å². The molecule has 1 amide bonds. The molecule has 0 atom stereocenters. The lowest BCUT2D eigenvalue weighted by atomic mass is 9.93. The fourth-order valence-corrected chi connectivity index (χ4v) is 1.74. The summed E-state index contributed by atoms with van der Waals surface area (Å²) >= 11 is 0. The van der Waals surface area contributed by atoms with Crippen LogP contribution in [0.5, 0.6) is 0 Å². The minimum absolute atomic E-state index is 0.0593. The molecule has 0 aliphatic rings. The zero-order chi connectivity index (χ0) is 14.5. The van der Waals surface area contributed by atoms with Gasteiger partial charge in [0.25, 0.3) is 11.6 Å². The number of hydrogen-bond donors (Lipinski definition) is 2. The predicted molar refractivity (Wildman–Crippen MR) is 71.0 cm³/mol. The molecule has 0 unspecified atom stereocenters. The third kappa shape index (κ3) is 3.51. The lowest BCUT2D eigenvalue weighted by Crippen LogP contribution is -2.50. The van der Waals surface area contributed by atoms with Crippen molar-refractivity contribution >= 4 is 11.6 Å². The van der Waals surface area contributed by atoms with Gasteiger partial charge in [-0.15, -0.1) is 0 Å². The minimum atomic E-state index is -0.640. The molecule has 1 rings (SSSR count). The largest absolute Gasteiger partial charge is 0.394 e. The van der Waals surface area contributed by atoms with Crippen LogP contribution in [0.4, 0.5) is 5.69 Å². The van der Waals surface area contributed by atoms with Crippen molar-refractivity contribution in [3.05, 3.63) is 39.9 Å². The molecule has 0 aromatic heterocycles. The van der Waals surface area contributed by atoms with Crippen molar-refractivity contribution in [2.45, 2.75) is 32.2 Å². The third-order valence-electron chi connectivity index (χ3n) is 3.38. The monoisotopic (exact) mass is 266 g/mol. The Morgan fingerprint density at radius 2 is 1.84 bits per heavy atom. The molecule has 104 valence electrons. The van der Waals surface area contributed by atoms with E-state index >= 15 is 0 Å². The second kappa shape index (κ2) is 6.29. The Balaban J connectivity index is 2.86. The molecule has 0 bridgehead atoms. The molecule has 0 saturated heterocycles. The van der Waals surface area contributed by atoms with Gasteiger partial charge in [0.15, 0.2) is 0 Å². The first-order valence-electron chi connectivity index (χ1n) is 6.16. The molecule has 0 saturated carbocycles. The molecule has 0 fully saturated rings. The number of amides is 1. The second-order valence-electron chi connectivity index (χ2n) is 4.40. The molecule has 6 nitrogen and oxygen atoms in total. The van der Waals surface area contributed by atoms with E-state index in [1.165, 1.54) is 24.3 Å². The molecule has 0 radical (unpaired) electrons. The van der Waals surface area contributed by atoms with Gasteiger partial charge in [-0.3, -0.25) is 14.9 Å². The van der Waals surface area contributed by atoms with Crippen molar-refractivity contribution in [2.75, 3.05) is 6.61 Å². The number of nitrogens with zero attached hydrogens (tertiary/aromatic N) is 1. The van der Waals surface area contributed by atoms with Crippen molar-refractivity contribution in [1.29, 1.82) is 0 Å².